The van der Waals surface area contributed by atoms with Crippen molar-refractivity contribution >= 4 is 11.6 Å². The number of halogens is 1. The van der Waals surface area contributed by atoms with Gasteiger partial charge < -0.3 is 9.47 Å². The standard InChI is InChI=1S/C11H12ClO2/c1-11(6-13-7-11)8-14-10-4-2-9(12)3-5-10/h2-4H,6-8H2,1H3. The van der Waals surface area contributed by atoms with E-state index in [0.717, 1.165) is 19.0 Å². The van der Waals surface area contributed by atoms with Gasteiger partial charge in [0.2, 0.25) is 0 Å². The molecule has 1 radical (unpaired) electrons. The molecule has 0 saturated carbocycles. The fourth-order valence-corrected chi connectivity index (χ4v) is 1.38. The van der Waals surface area contributed by atoms with Gasteiger partial charge in [-0.3, -0.25) is 0 Å². The number of hydrogen-bond acceptors (Lipinski definition) is 2. The second-order valence-electron chi connectivity index (χ2n) is 3.96. The zero-order valence-corrected chi connectivity index (χ0v) is 8.80. The van der Waals surface area contributed by atoms with Crippen LogP contribution in [0.4, 0.5) is 0 Å². The molecule has 1 aliphatic rings. The Balaban J connectivity index is 1.88. The Kier molecular flexibility index (Phi) is 2.66. The van der Waals surface area contributed by atoms with Crippen molar-refractivity contribution in [2.24, 2.45) is 5.41 Å². The Bertz CT molecular complexity index is 304. The molecule has 3 heteroatoms. The predicted octanol–water partition coefficient (Wildman–Crippen LogP) is 2.56. The second-order valence-corrected chi connectivity index (χ2v) is 4.40. The highest BCUT2D eigenvalue weighted by Crippen LogP contribution is 2.27. The van der Waals surface area contributed by atoms with Crippen LogP contribution >= 0.6 is 11.6 Å². The highest BCUT2D eigenvalue weighted by atomic mass is 35.5. The zero-order chi connectivity index (χ0) is 10.0. The molecule has 0 atom stereocenters. The Morgan fingerprint density at radius 2 is 2.36 bits per heavy atom. The van der Waals surface area contributed by atoms with Gasteiger partial charge in [-0.25, -0.2) is 0 Å². The van der Waals surface area contributed by atoms with Crippen LogP contribution in [-0.2, 0) is 4.74 Å². The van der Waals surface area contributed by atoms with Gasteiger partial charge in [0.1, 0.15) is 5.75 Å². The number of rotatable bonds is 3. The molecule has 0 spiro atoms. The van der Waals surface area contributed by atoms with Crippen molar-refractivity contribution in [3.05, 3.63) is 29.3 Å². The largest absolute Gasteiger partial charge is 0.492 e. The molecule has 0 unspecified atom stereocenters. The fraction of sp³-hybridized carbons (Fsp3) is 0.455. The predicted molar refractivity (Wildman–Crippen MR) is 54.7 cm³/mol. The van der Waals surface area contributed by atoms with Crippen LogP contribution in [0.5, 0.6) is 5.75 Å². The van der Waals surface area contributed by atoms with E-state index in [2.05, 4.69) is 13.0 Å². The maximum atomic E-state index is 5.73. The Hall–Kier alpha value is -0.730. The molecule has 0 bridgehead atoms. The average molecular weight is 212 g/mol. The van der Waals surface area contributed by atoms with Gasteiger partial charge in [-0.2, -0.15) is 0 Å². The Morgan fingerprint density at radius 1 is 1.57 bits per heavy atom. The molecule has 0 N–H and O–H groups in total. The van der Waals surface area contributed by atoms with Crippen LogP contribution in [0.1, 0.15) is 6.92 Å². The summed E-state index contributed by atoms with van der Waals surface area (Å²) >= 11 is 5.73. The third kappa shape index (κ3) is 2.20. The van der Waals surface area contributed by atoms with Crippen LogP contribution in [-0.4, -0.2) is 19.8 Å². The van der Waals surface area contributed by atoms with E-state index in [-0.39, 0.29) is 5.41 Å². The van der Waals surface area contributed by atoms with Crippen molar-refractivity contribution in [2.75, 3.05) is 19.8 Å². The van der Waals surface area contributed by atoms with Crippen molar-refractivity contribution in [2.45, 2.75) is 6.92 Å². The van der Waals surface area contributed by atoms with Gasteiger partial charge in [0, 0.05) is 16.5 Å². The molecule has 1 saturated heterocycles. The van der Waals surface area contributed by atoms with Gasteiger partial charge >= 0.3 is 0 Å². The van der Waals surface area contributed by atoms with Crippen molar-refractivity contribution in [1.29, 1.82) is 0 Å². The third-order valence-electron chi connectivity index (χ3n) is 2.22. The maximum Gasteiger partial charge on any atom is 0.127 e. The van der Waals surface area contributed by atoms with Crippen molar-refractivity contribution < 1.29 is 9.47 Å². The SMILES string of the molecule is CC1(COc2[c]cc(Cl)cc2)COC1. The summed E-state index contributed by atoms with van der Waals surface area (Å²) in [4.78, 5) is 0. The lowest BCUT2D eigenvalue weighted by Gasteiger charge is -2.37. The smallest absolute Gasteiger partial charge is 0.127 e. The van der Waals surface area contributed by atoms with Crippen LogP contribution in [0.2, 0.25) is 5.02 Å². The van der Waals surface area contributed by atoms with E-state index >= 15 is 0 Å². The molecule has 75 valence electrons. The monoisotopic (exact) mass is 211 g/mol. The normalized spacial score (nSPS) is 18.7. The van der Waals surface area contributed by atoms with E-state index in [1.54, 1.807) is 12.1 Å². The van der Waals surface area contributed by atoms with E-state index in [1.807, 2.05) is 6.07 Å². The second kappa shape index (κ2) is 3.79. The maximum absolute atomic E-state index is 5.73. The lowest BCUT2D eigenvalue weighted by molar-refractivity contribution is -0.120. The molecule has 0 aromatic heterocycles. The van der Waals surface area contributed by atoms with Crippen molar-refractivity contribution in [3.63, 3.8) is 0 Å². The molecule has 14 heavy (non-hydrogen) atoms. The molecule has 2 nitrogen and oxygen atoms in total. The van der Waals surface area contributed by atoms with E-state index < -0.39 is 0 Å². The number of benzene rings is 1. The first-order valence-corrected chi connectivity index (χ1v) is 4.94. The van der Waals surface area contributed by atoms with Crippen LogP contribution in [0.15, 0.2) is 18.2 Å². The van der Waals surface area contributed by atoms with Crippen LogP contribution in [0.25, 0.3) is 0 Å². The van der Waals surface area contributed by atoms with Crippen molar-refractivity contribution in [3.8, 4) is 5.75 Å². The van der Waals surface area contributed by atoms with Gasteiger partial charge in [0.15, 0.2) is 0 Å². The molecule has 1 fully saturated rings. The first-order valence-electron chi connectivity index (χ1n) is 4.56. The quantitative estimate of drug-likeness (QED) is 0.765. The lowest BCUT2D eigenvalue weighted by Crippen LogP contribution is -2.44. The third-order valence-corrected chi connectivity index (χ3v) is 2.46. The Labute approximate surface area is 88.8 Å². The van der Waals surface area contributed by atoms with Gasteiger partial charge in [-0.15, -0.1) is 0 Å². The summed E-state index contributed by atoms with van der Waals surface area (Å²) in [6.45, 7) is 4.37. The van der Waals surface area contributed by atoms with Crippen LogP contribution in [0, 0.1) is 11.5 Å². The van der Waals surface area contributed by atoms with E-state index in [9.17, 15) is 0 Å². The van der Waals surface area contributed by atoms with Gasteiger partial charge in [-0.05, 0) is 18.2 Å². The van der Waals surface area contributed by atoms with E-state index in [0.29, 0.717) is 11.6 Å². The van der Waals surface area contributed by atoms with Gasteiger partial charge in [-0.1, -0.05) is 18.5 Å². The summed E-state index contributed by atoms with van der Waals surface area (Å²) in [6.07, 6.45) is 0. The Morgan fingerprint density at radius 3 is 2.86 bits per heavy atom. The summed E-state index contributed by atoms with van der Waals surface area (Å²) < 4.78 is 10.7. The first kappa shape index (κ1) is 9.81. The molecule has 0 amide bonds. The summed E-state index contributed by atoms with van der Waals surface area (Å²) in [7, 11) is 0. The highest BCUT2D eigenvalue weighted by Gasteiger charge is 2.34. The number of ether oxygens (including phenoxy) is 2. The van der Waals surface area contributed by atoms with Crippen LogP contribution in [0.3, 0.4) is 0 Å². The summed E-state index contributed by atoms with van der Waals surface area (Å²) in [5.41, 5.74) is 0.174. The topological polar surface area (TPSA) is 18.5 Å². The van der Waals surface area contributed by atoms with Crippen molar-refractivity contribution in [1.82, 2.24) is 0 Å². The molecule has 1 aromatic carbocycles. The zero-order valence-electron chi connectivity index (χ0n) is 8.05. The minimum Gasteiger partial charge on any atom is -0.492 e. The first-order chi connectivity index (χ1) is 6.68. The number of hydrogen-bond donors (Lipinski definition) is 0. The minimum atomic E-state index is 0.174. The van der Waals surface area contributed by atoms with Gasteiger partial charge in [0.05, 0.1) is 19.8 Å². The van der Waals surface area contributed by atoms with E-state index in [4.69, 9.17) is 21.1 Å². The van der Waals surface area contributed by atoms with Crippen LogP contribution < -0.4 is 4.74 Å². The molecule has 2 rings (SSSR count). The van der Waals surface area contributed by atoms with Gasteiger partial charge in [0.25, 0.3) is 0 Å². The fourth-order valence-electron chi connectivity index (χ4n) is 1.27. The molecular weight excluding hydrogens is 200 g/mol. The lowest BCUT2D eigenvalue weighted by atomic mass is 9.90. The summed E-state index contributed by atoms with van der Waals surface area (Å²) in [5.74, 6) is 0.738. The molecule has 0 aliphatic carbocycles. The average Bonchev–Trinajstić information content (AvgIpc) is 2.14. The highest BCUT2D eigenvalue weighted by molar-refractivity contribution is 6.30. The molecule has 1 heterocycles. The molecular formula is C11H12ClO2. The molecule has 1 aliphatic heterocycles. The van der Waals surface area contributed by atoms with E-state index in [1.165, 1.54) is 0 Å². The summed E-state index contributed by atoms with van der Waals surface area (Å²) in [6, 6.07) is 8.29. The molecule has 1 aromatic rings. The summed E-state index contributed by atoms with van der Waals surface area (Å²) in [5, 5.41) is 0.676. The minimum absolute atomic E-state index is 0.174.